The number of nitrogens with one attached hydrogen (secondary N) is 1. The van der Waals surface area contributed by atoms with Gasteiger partial charge < -0.3 is 5.32 Å². The molecule has 0 bridgehead atoms. The molecule has 0 saturated carbocycles. The molecule has 0 spiro atoms. The summed E-state index contributed by atoms with van der Waals surface area (Å²) in [5, 5.41) is 2.99. The molecule has 0 radical (unpaired) electrons. The van der Waals surface area contributed by atoms with Gasteiger partial charge in [-0.05, 0) is 6.20 Å². The van der Waals surface area contributed by atoms with E-state index in [0.717, 1.165) is 5.84 Å². The summed E-state index contributed by atoms with van der Waals surface area (Å²) in [6, 6.07) is 0. The van der Waals surface area contributed by atoms with Crippen LogP contribution < -0.4 is 5.32 Å². The molecule has 0 fully saturated rings. The summed E-state index contributed by atoms with van der Waals surface area (Å²) in [5.41, 5.74) is 0.0862. The van der Waals surface area contributed by atoms with Crippen molar-refractivity contribution in [2.24, 2.45) is 10.4 Å². The molecule has 0 rings (SSSR count). The van der Waals surface area contributed by atoms with E-state index in [1.54, 1.807) is 13.2 Å². The second kappa shape index (κ2) is 3.40. The van der Waals surface area contributed by atoms with E-state index in [9.17, 15) is 0 Å². The second-order valence-electron chi connectivity index (χ2n) is 3.17. The van der Waals surface area contributed by atoms with Crippen molar-refractivity contribution in [2.45, 2.75) is 20.8 Å². The summed E-state index contributed by atoms with van der Waals surface area (Å²) in [5.74, 6) is 0.961. The topological polar surface area (TPSA) is 24.4 Å². The molecule has 58 valence electrons. The van der Waals surface area contributed by atoms with Crippen LogP contribution >= 0.6 is 0 Å². The minimum atomic E-state index is 0.0862. The Morgan fingerprint density at radius 1 is 1.50 bits per heavy atom. The van der Waals surface area contributed by atoms with Crippen LogP contribution in [0.2, 0.25) is 0 Å². The highest BCUT2D eigenvalue weighted by molar-refractivity contribution is 5.87. The minimum absolute atomic E-state index is 0.0862. The van der Waals surface area contributed by atoms with Gasteiger partial charge in [0.15, 0.2) is 0 Å². The Morgan fingerprint density at radius 3 is 2.10 bits per heavy atom. The molecular weight excluding hydrogens is 124 g/mol. The molecule has 0 amide bonds. The predicted molar refractivity (Wildman–Crippen MR) is 46.1 cm³/mol. The van der Waals surface area contributed by atoms with E-state index in [-0.39, 0.29) is 5.41 Å². The van der Waals surface area contributed by atoms with E-state index < -0.39 is 0 Å². The first-order valence-corrected chi connectivity index (χ1v) is 3.37. The van der Waals surface area contributed by atoms with Crippen LogP contribution in [0.3, 0.4) is 0 Å². The van der Waals surface area contributed by atoms with E-state index in [1.165, 1.54) is 0 Å². The number of nitrogens with zero attached hydrogens (tertiary/aromatic N) is 1. The van der Waals surface area contributed by atoms with Crippen molar-refractivity contribution in [3.63, 3.8) is 0 Å². The van der Waals surface area contributed by atoms with Gasteiger partial charge in [-0.15, -0.1) is 0 Å². The fourth-order valence-corrected chi connectivity index (χ4v) is 0.713. The molecule has 2 heteroatoms. The van der Waals surface area contributed by atoms with Gasteiger partial charge in [0.05, 0.1) is 0 Å². The Bertz CT molecular complexity index is 140. The Labute approximate surface area is 63.0 Å². The molecule has 0 aromatic rings. The summed E-state index contributed by atoms with van der Waals surface area (Å²) in [7, 11) is 1.77. The smallest absolute Gasteiger partial charge is 0.105 e. The van der Waals surface area contributed by atoms with Gasteiger partial charge in [-0.3, -0.25) is 4.99 Å². The van der Waals surface area contributed by atoms with Gasteiger partial charge in [0.1, 0.15) is 5.84 Å². The number of rotatable bonds is 1. The van der Waals surface area contributed by atoms with Crippen molar-refractivity contribution < 1.29 is 0 Å². The minimum Gasteiger partial charge on any atom is -0.351 e. The zero-order valence-corrected chi connectivity index (χ0v) is 7.23. The maximum Gasteiger partial charge on any atom is 0.105 e. The first-order valence-electron chi connectivity index (χ1n) is 3.37. The molecule has 0 aliphatic carbocycles. The Balaban J connectivity index is 4.23. The van der Waals surface area contributed by atoms with Gasteiger partial charge >= 0.3 is 0 Å². The maximum atomic E-state index is 4.08. The summed E-state index contributed by atoms with van der Waals surface area (Å²) in [6.07, 6.45) is 1.65. The zero-order chi connectivity index (χ0) is 8.20. The van der Waals surface area contributed by atoms with E-state index in [1.807, 2.05) is 0 Å². The Morgan fingerprint density at radius 2 is 2.00 bits per heavy atom. The molecule has 0 aliphatic heterocycles. The van der Waals surface area contributed by atoms with Crippen LogP contribution in [0.1, 0.15) is 20.8 Å². The highest BCUT2D eigenvalue weighted by Crippen LogP contribution is 2.13. The lowest BCUT2D eigenvalue weighted by atomic mass is 9.95. The number of hydrogen-bond donors (Lipinski definition) is 1. The lowest BCUT2D eigenvalue weighted by molar-refractivity contribution is 0.574. The van der Waals surface area contributed by atoms with Crippen molar-refractivity contribution in [3.05, 3.63) is 12.8 Å². The highest BCUT2D eigenvalue weighted by atomic mass is 15.0. The molecule has 0 heterocycles. The highest BCUT2D eigenvalue weighted by Gasteiger charge is 2.16. The van der Waals surface area contributed by atoms with Crippen LogP contribution in [0, 0.1) is 5.41 Å². The molecular formula is C8H16N2. The fourth-order valence-electron chi connectivity index (χ4n) is 0.713. The molecule has 0 aromatic carbocycles. The molecule has 0 aromatic heterocycles. The molecule has 0 atom stereocenters. The molecule has 10 heavy (non-hydrogen) atoms. The van der Waals surface area contributed by atoms with E-state index >= 15 is 0 Å². The number of amidine groups is 1. The SMILES string of the molecule is C=CNC(=NC)C(C)(C)C. The van der Waals surface area contributed by atoms with Crippen molar-refractivity contribution in [1.29, 1.82) is 0 Å². The van der Waals surface area contributed by atoms with Crippen LogP contribution in [0.15, 0.2) is 17.8 Å². The quantitative estimate of drug-likeness (QED) is 0.436. The van der Waals surface area contributed by atoms with Crippen molar-refractivity contribution in [2.75, 3.05) is 7.05 Å². The summed E-state index contributed by atoms with van der Waals surface area (Å²) < 4.78 is 0. The molecule has 1 N–H and O–H groups in total. The molecule has 0 aliphatic rings. The van der Waals surface area contributed by atoms with E-state index in [0.29, 0.717) is 0 Å². The van der Waals surface area contributed by atoms with Crippen LogP contribution in [-0.4, -0.2) is 12.9 Å². The average molecular weight is 140 g/mol. The predicted octanol–water partition coefficient (Wildman–Crippen LogP) is 1.79. The maximum absolute atomic E-state index is 4.08. The Kier molecular flexibility index (Phi) is 3.13. The van der Waals surface area contributed by atoms with Crippen molar-refractivity contribution >= 4 is 5.84 Å². The standard InChI is InChI=1S/C8H16N2/c1-6-10-7(9-5)8(2,3)4/h6H,1H2,2-5H3,(H,9,10). The molecule has 0 unspecified atom stereocenters. The van der Waals surface area contributed by atoms with E-state index in [4.69, 9.17) is 0 Å². The van der Waals surface area contributed by atoms with Crippen molar-refractivity contribution in [1.82, 2.24) is 5.32 Å². The van der Waals surface area contributed by atoms with Gasteiger partial charge in [-0.1, -0.05) is 27.4 Å². The normalized spacial score (nSPS) is 13.0. The van der Waals surface area contributed by atoms with Crippen LogP contribution in [0.5, 0.6) is 0 Å². The van der Waals surface area contributed by atoms with Gasteiger partial charge in [-0.25, -0.2) is 0 Å². The van der Waals surface area contributed by atoms with Crippen molar-refractivity contribution in [3.8, 4) is 0 Å². The largest absolute Gasteiger partial charge is 0.351 e. The van der Waals surface area contributed by atoms with E-state index in [2.05, 4.69) is 37.7 Å². The summed E-state index contributed by atoms with van der Waals surface area (Å²) in [6.45, 7) is 9.88. The lowest BCUT2D eigenvalue weighted by Gasteiger charge is -2.20. The third-order valence-corrected chi connectivity index (χ3v) is 1.17. The van der Waals surface area contributed by atoms with Gasteiger partial charge in [-0.2, -0.15) is 0 Å². The monoisotopic (exact) mass is 140 g/mol. The molecule has 0 saturated heterocycles. The first kappa shape index (κ1) is 9.21. The third-order valence-electron chi connectivity index (χ3n) is 1.17. The van der Waals surface area contributed by atoms with Gasteiger partial charge in [0.2, 0.25) is 0 Å². The number of aliphatic imine (C=N–C) groups is 1. The first-order chi connectivity index (χ1) is 4.52. The zero-order valence-electron chi connectivity index (χ0n) is 7.23. The third kappa shape index (κ3) is 2.67. The fraction of sp³-hybridized carbons (Fsp3) is 0.625. The van der Waals surface area contributed by atoms with Crippen LogP contribution in [-0.2, 0) is 0 Å². The second-order valence-corrected chi connectivity index (χ2v) is 3.17. The summed E-state index contributed by atoms with van der Waals surface area (Å²) >= 11 is 0. The van der Waals surface area contributed by atoms with Gasteiger partial charge in [0.25, 0.3) is 0 Å². The Hall–Kier alpha value is -0.790. The number of hydrogen-bond acceptors (Lipinski definition) is 1. The van der Waals surface area contributed by atoms with Gasteiger partial charge in [0, 0.05) is 12.5 Å². The van der Waals surface area contributed by atoms with Crippen LogP contribution in [0.4, 0.5) is 0 Å². The average Bonchev–Trinajstić information content (AvgIpc) is 1.80. The summed E-state index contributed by atoms with van der Waals surface area (Å²) in [4.78, 5) is 4.08. The lowest BCUT2D eigenvalue weighted by Crippen LogP contribution is -2.31. The van der Waals surface area contributed by atoms with Crippen LogP contribution in [0.25, 0.3) is 0 Å². The molecule has 2 nitrogen and oxygen atoms in total.